The lowest BCUT2D eigenvalue weighted by Gasteiger charge is -2.28. The summed E-state index contributed by atoms with van der Waals surface area (Å²) in [6.45, 7) is 6.97. The molecule has 0 saturated heterocycles. The zero-order valence-electron chi connectivity index (χ0n) is 15.5. The van der Waals surface area contributed by atoms with Gasteiger partial charge in [0.2, 0.25) is 0 Å². The third-order valence-electron chi connectivity index (χ3n) is 5.58. The first kappa shape index (κ1) is 15.7. The van der Waals surface area contributed by atoms with Crippen LogP contribution in [0.1, 0.15) is 28.3 Å². The van der Waals surface area contributed by atoms with Crippen molar-refractivity contribution in [3.05, 3.63) is 89.0 Å². The summed E-state index contributed by atoms with van der Waals surface area (Å²) >= 11 is 0. The molecule has 5 rings (SSSR count). The largest absolute Gasteiger partial charge is 0.329 e. The lowest BCUT2D eigenvalue weighted by Crippen LogP contribution is -2.27. The van der Waals surface area contributed by atoms with Crippen molar-refractivity contribution >= 4 is 37.0 Å². The summed E-state index contributed by atoms with van der Waals surface area (Å²) in [6, 6.07) is 24.9. The van der Waals surface area contributed by atoms with Crippen LogP contribution in [0.25, 0.3) is 11.6 Å². The van der Waals surface area contributed by atoms with E-state index in [1.165, 1.54) is 39.2 Å². The van der Waals surface area contributed by atoms with E-state index in [0.29, 0.717) is 6.04 Å². The standard InChI is InChI=1S/C24H22NSi/c1-16-12-13-22-19(14-16)21-15-20-18(10-7-11-23(20)26(2)3)24(21)25(22)17-8-5-4-6-9-17/h4-15,24H,1-3H3. The summed E-state index contributed by atoms with van der Waals surface area (Å²) in [7, 11) is -0.496. The Labute approximate surface area is 157 Å². The smallest absolute Gasteiger partial charge is 0.0857 e. The van der Waals surface area contributed by atoms with Gasteiger partial charge in [0.25, 0.3) is 0 Å². The fourth-order valence-corrected chi connectivity index (χ4v) is 5.62. The van der Waals surface area contributed by atoms with Gasteiger partial charge in [-0.1, -0.05) is 66.3 Å². The Balaban J connectivity index is 1.78. The van der Waals surface area contributed by atoms with Crippen LogP contribution in [0.4, 0.5) is 11.4 Å². The Morgan fingerprint density at radius 1 is 0.885 bits per heavy atom. The van der Waals surface area contributed by atoms with Crippen LogP contribution in [0.2, 0.25) is 13.1 Å². The van der Waals surface area contributed by atoms with E-state index < -0.39 is 8.80 Å². The maximum Gasteiger partial charge on any atom is 0.0857 e. The first-order chi connectivity index (χ1) is 12.6. The van der Waals surface area contributed by atoms with Gasteiger partial charge < -0.3 is 4.90 Å². The fourth-order valence-electron chi connectivity index (χ4n) is 4.43. The van der Waals surface area contributed by atoms with Crippen molar-refractivity contribution in [2.45, 2.75) is 26.1 Å². The predicted molar refractivity (Wildman–Crippen MR) is 114 cm³/mol. The molecule has 0 fully saturated rings. The van der Waals surface area contributed by atoms with E-state index in [1.54, 1.807) is 5.19 Å². The quantitative estimate of drug-likeness (QED) is 0.534. The second-order valence-electron chi connectivity index (χ2n) is 7.54. The van der Waals surface area contributed by atoms with Crippen molar-refractivity contribution in [3.8, 4) is 0 Å². The molecule has 1 radical (unpaired) electrons. The van der Waals surface area contributed by atoms with Gasteiger partial charge in [-0.15, -0.1) is 0 Å². The zero-order valence-corrected chi connectivity index (χ0v) is 16.5. The molecule has 1 unspecified atom stereocenters. The molecule has 0 spiro atoms. The second-order valence-corrected chi connectivity index (χ2v) is 10.1. The monoisotopic (exact) mass is 352 g/mol. The van der Waals surface area contributed by atoms with Gasteiger partial charge in [-0.05, 0) is 54.0 Å². The molecule has 127 valence electrons. The summed E-state index contributed by atoms with van der Waals surface area (Å²) < 4.78 is 0. The highest BCUT2D eigenvalue weighted by Crippen LogP contribution is 2.56. The van der Waals surface area contributed by atoms with Crippen molar-refractivity contribution in [1.82, 2.24) is 0 Å². The normalized spacial score (nSPS) is 17.2. The Hall–Kier alpha value is -2.58. The van der Waals surface area contributed by atoms with Crippen molar-refractivity contribution in [2.75, 3.05) is 4.90 Å². The third-order valence-corrected chi connectivity index (χ3v) is 7.10. The van der Waals surface area contributed by atoms with Crippen LogP contribution >= 0.6 is 0 Å². The number of hydrogen-bond donors (Lipinski definition) is 0. The number of rotatable bonds is 2. The van der Waals surface area contributed by atoms with E-state index >= 15 is 0 Å². The molecule has 26 heavy (non-hydrogen) atoms. The third kappa shape index (κ3) is 2.15. The van der Waals surface area contributed by atoms with Gasteiger partial charge >= 0.3 is 0 Å². The number of nitrogens with zero attached hydrogens (tertiary/aromatic N) is 1. The Morgan fingerprint density at radius 3 is 2.46 bits per heavy atom. The molecule has 0 aromatic heterocycles. The van der Waals surface area contributed by atoms with Gasteiger partial charge in [-0.25, -0.2) is 0 Å². The molecule has 1 atom stereocenters. The van der Waals surface area contributed by atoms with Gasteiger partial charge in [-0.2, -0.15) is 0 Å². The van der Waals surface area contributed by atoms with E-state index in [2.05, 4.69) is 97.7 Å². The fraction of sp³-hybridized carbons (Fsp3) is 0.167. The first-order valence-electron chi connectivity index (χ1n) is 9.25. The minimum Gasteiger partial charge on any atom is -0.329 e. The van der Waals surface area contributed by atoms with E-state index in [0.717, 1.165) is 0 Å². The maximum atomic E-state index is 2.52. The lowest BCUT2D eigenvalue weighted by molar-refractivity contribution is 0.916. The second kappa shape index (κ2) is 5.71. The predicted octanol–water partition coefficient (Wildman–Crippen LogP) is 5.70. The topological polar surface area (TPSA) is 3.24 Å². The Morgan fingerprint density at radius 2 is 1.69 bits per heavy atom. The first-order valence-corrected chi connectivity index (χ1v) is 11.8. The van der Waals surface area contributed by atoms with Gasteiger partial charge in [0.1, 0.15) is 0 Å². The highest BCUT2D eigenvalue weighted by atomic mass is 28.3. The van der Waals surface area contributed by atoms with E-state index in [-0.39, 0.29) is 0 Å². The molecule has 3 aromatic carbocycles. The molecule has 1 aliphatic heterocycles. The van der Waals surface area contributed by atoms with Crippen LogP contribution in [-0.2, 0) is 0 Å². The van der Waals surface area contributed by atoms with Crippen molar-refractivity contribution < 1.29 is 0 Å². The van der Waals surface area contributed by atoms with Crippen LogP contribution in [0.15, 0.2) is 66.7 Å². The lowest BCUT2D eigenvalue weighted by atomic mass is 10.0. The van der Waals surface area contributed by atoms with Crippen molar-refractivity contribution in [3.63, 3.8) is 0 Å². The number of aryl methyl sites for hydroxylation is 1. The minimum atomic E-state index is -0.496. The minimum absolute atomic E-state index is 0.297. The van der Waals surface area contributed by atoms with Gasteiger partial charge in [-0.3, -0.25) is 0 Å². The molecular formula is C24H22NSi. The molecule has 0 bridgehead atoms. The molecule has 0 amide bonds. The molecule has 1 heterocycles. The maximum absolute atomic E-state index is 2.52. The van der Waals surface area contributed by atoms with Crippen molar-refractivity contribution in [2.24, 2.45) is 0 Å². The zero-order chi connectivity index (χ0) is 17.8. The molecule has 3 aromatic rings. The number of anilines is 2. The van der Waals surface area contributed by atoms with E-state index in [4.69, 9.17) is 0 Å². The van der Waals surface area contributed by atoms with Gasteiger partial charge in [0.05, 0.1) is 14.8 Å². The summed E-state index contributed by atoms with van der Waals surface area (Å²) in [5, 5.41) is 1.55. The molecular weight excluding hydrogens is 330 g/mol. The van der Waals surface area contributed by atoms with Crippen LogP contribution in [0, 0.1) is 6.92 Å². The molecule has 0 saturated carbocycles. The highest BCUT2D eigenvalue weighted by Gasteiger charge is 2.40. The van der Waals surface area contributed by atoms with Crippen LogP contribution in [-0.4, -0.2) is 8.80 Å². The molecule has 1 nitrogen and oxygen atoms in total. The number of para-hydroxylation sites is 1. The molecule has 0 N–H and O–H groups in total. The van der Waals surface area contributed by atoms with E-state index in [1.807, 2.05) is 0 Å². The average molecular weight is 353 g/mol. The molecule has 2 heteroatoms. The SMILES string of the molecule is Cc1ccc2c(c1)C1=Cc3c(cccc3[Si](C)C)C1N2c1ccccc1. The summed E-state index contributed by atoms with van der Waals surface area (Å²) in [6.07, 6.45) is 2.47. The van der Waals surface area contributed by atoms with Crippen molar-refractivity contribution in [1.29, 1.82) is 0 Å². The molecule has 1 aliphatic carbocycles. The number of hydrogen-bond acceptors (Lipinski definition) is 1. The van der Waals surface area contributed by atoms with E-state index in [9.17, 15) is 0 Å². The Bertz CT molecular complexity index is 1030. The summed E-state index contributed by atoms with van der Waals surface area (Å²) in [5.41, 5.74) is 9.70. The summed E-state index contributed by atoms with van der Waals surface area (Å²) in [5.74, 6) is 0. The average Bonchev–Trinajstić information content (AvgIpc) is 3.17. The van der Waals surface area contributed by atoms with Crippen LogP contribution in [0.3, 0.4) is 0 Å². The number of fused-ring (bicyclic) bond motifs is 5. The summed E-state index contributed by atoms with van der Waals surface area (Å²) in [4.78, 5) is 2.52. The molecule has 2 aliphatic rings. The van der Waals surface area contributed by atoms with Crippen LogP contribution in [0.5, 0.6) is 0 Å². The van der Waals surface area contributed by atoms with Crippen LogP contribution < -0.4 is 10.1 Å². The number of benzene rings is 3. The van der Waals surface area contributed by atoms with Gasteiger partial charge in [0.15, 0.2) is 0 Å². The van der Waals surface area contributed by atoms with Gasteiger partial charge in [0, 0.05) is 16.9 Å². The highest BCUT2D eigenvalue weighted by molar-refractivity contribution is 6.71. The Kier molecular flexibility index (Phi) is 3.44.